The van der Waals surface area contributed by atoms with Crippen molar-refractivity contribution in [2.45, 2.75) is 19.0 Å². The summed E-state index contributed by atoms with van der Waals surface area (Å²) < 4.78 is 20.3. The molecule has 1 unspecified atom stereocenters. The first-order valence-corrected chi connectivity index (χ1v) is 8.91. The smallest absolute Gasteiger partial charge is 0.128 e. The van der Waals surface area contributed by atoms with E-state index >= 15 is 0 Å². The molecule has 0 amide bonds. The average Bonchev–Trinajstić information content (AvgIpc) is 3.30. The largest absolute Gasteiger partial charge is 0.468 e. The number of aromatic amines is 1. The molecule has 1 N–H and O–H groups in total. The molecule has 0 saturated carbocycles. The van der Waals surface area contributed by atoms with Crippen LogP contribution in [0, 0.1) is 5.82 Å². The minimum absolute atomic E-state index is 0.155. The molecule has 0 fully saturated rings. The van der Waals surface area contributed by atoms with Gasteiger partial charge in [0.05, 0.1) is 18.8 Å². The minimum atomic E-state index is -0.173. The van der Waals surface area contributed by atoms with Gasteiger partial charge in [0.15, 0.2) is 0 Å². The van der Waals surface area contributed by atoms with E-state index in [1.54, 1.807) is 12.3 Å². The van der Waals surface area contributed by atoms with Gasteiger partial charge in [-0.1, -0.05) is 36.4 Å². The van der Waals surface area contributed by atoms with Gasteiger partial charge in [-0.3, -0.25) is 4.90 Å². The van der Waals surface area contributed by atoms with Gasteiger partial charge < -0.3 is 9.40 Å². The zero-order valence-corrected chi connectivity index (χ0v) is 14.3. The summed E-state index contributed by atoms with van der Waals surface area (Å²) in [6, 6.07) is 19.1. The minimum Gasteiger partial charge on any atom is -0.468 e. The predicted octanol–water partition coefficient (Wildman–Crippen LogP) is 5.05. The molecule has 0 bridgehead atoms. The first kappa shape index (κ1) is 15.4. The van der Waals surface area contributed by atoms with Gasteiger partial charge in [0.2, 0.25) is 0 Å². The maximum absolute atomic E-state index is 14.7. The van der Waals surface area contributed by atoms with E-state index in [0.29, 0.717) is 12.1 Å². The molecule has 2 aromatic heterocycles. The second-order valence-electron chi connectivity index (χ2n) is 6.79. The Bertz CT molecular complexity index is 1050. The number of hydrogen-bond acceptors (Lipinski definition) is 2. The number of nitrogens with zero attached hydrogens (tertiary/aromatic N) is 1. The molecule has 1 aliphatic heterocycles. The number of hydrogen-bond donors (Lipinski definition) is 1. The van der Waals surface area contributed by atoms with Crippen LogP contribution in [0.1, 0.15) is 28.6 Å². The van der Waals surface area contributed by atoms with Crippen LogP contribution >= 0.6 is 0 Å². The summed E-state index contributed by atoms with van der Waals surface area (Å²) in [5.41, 5.74) is 4.20. The third-order valence-electron chi connectivity index (χ3n) is 5.27. The van der Waals surface area contributed by atoms with Crippen LogP contribution in [0.2, 0.25) is 0 Å². The molecule has 26 heavy (non-hydrogen) atoms. The highest BCUT2D eigenvalue weighted by molar-refractivity contribution is 5.85. The van der Waals surface area contributed by atoms with E-state index in [1.807, 2.05) is 30.3 Å². The topological polar surface area (TPSA) is 32.2 Å². The van der Waals surface area contributed by atoms with Gasteiger partial charge in [-0.25, -0.2) is 4.39 Å². The summed E-state index contributed by atoms with van der Waals surface area (Å²) in [7, 11) is 0. The van der Waals surface area contributed by atoms with E-state index in [0.717, 1.165) is 29.9 Å². The molecule has 4 heteroatoms. The fraction of sp³-hybridized carbons (Fsp3) is 0.182. The molecule has 4 aromatic rings. The summed E-state index contributed by atoms with van der Waals surface area (Å²) in [5.74, 6) is 0.722. The number of furan rings is 1. The first-order chi connectivity index (χ1) is 12.8. The molecule has 130 valence electrons. The summed E-state index contributed by atoms with van der Waals surface area (Å²) in [6.07, 6.45) is 2.62. The molecule has 0 saturated heterocycles. The highest BCUT2D eigenvalue weighted by atomic mass is 19.1. The Labute approximate surface area is 151 Å². The average molecular weight is 346 g/mol. The van der Waals surface area contributed by atoms with Gasteiger partial charge in [-0.05, 0) is 36.2 Å². The monoisotopic (exact) mass is 346 g/mol. The number of fused-ring (bicyclic) bond motifs is 3. The van der Waals surface area contributed by atoms with Crippen LogP contribution in [0.4, 0.5) is 4.39 Å². The van der Waals surface area contributed by atoms with Crippen molar-refractivity contribution in [3.63, 3.8) is 0 Å². The molecule has 5 rings (SSSR count). The van der Waals surface area contributed by atoms with Crippen LogP contribution in [-0.4, -0.2) is 16.4 Å². The van der Waals surface area contributed by atoms with Gasteiger partial charge in [-0.15, -0.1) is 0 Å². The third-order valence-corrected chi connectivity index (χ3v) is 5.27. The lowest BCUT2D eigenvalue weighted by atomic mass is 9.92. The Kier molecular flexibility index (Phi) is 3.64. The fourth-order valence-corrected chi connectivity index (χ4v) is 4.11. The van der Waals surface area contributed by atoms with Crippen molar-refractivity contribution in [2.24, 2.45) is 0 Å². The van der Waals surface area contributed by atoms with Gasteiger partial charge in [0.1, 0.15) is 11.6 Å². The maximum atomic E-state index is 14.7. The second-order valence-corrected chi connectivity index (χ2v) is 6.79. The van der Waals surface area contributed by atoms with Crippen LogP contribution in [0.15, 0.2) is 71.3 Å². The number of nitrogens with one attached hydrogen (secondary N) is 1. The van der Waals surface area contributed by atoms with E-state index in [9.17, 15) is 4.39 Å². The lowest BCUT2D eigenvalue weighted by Crippen LogP contribution is -2.36. The van der Waals surface area contributed by atoms with Crippen LogP contribution in [0.3, 0.4) is 0 Å². The zero-order chi connectivity index (χ0) is 17.5. The molecule has 1 aliphatic rings. The number of benzene rings is 2. The molecule has 0 spiro atoms. The van der Waals surface area contributed by atoms with E-state index in [-0.39, 0.29) is 11.9 Å². The van der Waals surface area contributed by atoms with Gasteiger partial charge in [0.25, 0.3) is 0 Å². The SMILES string of the molecule is Fc1ccccc1C1c2[nH]c3ccccc3c2CCN1Cc1ccco1. The van der Waals surface area contributed by atoms with Crippen molar-refractivity contribution in [3.8, 4) is 0 Å². The van der Waals surface area contributed by atoms with Crippen molar-refractivity contribution in [3.05, 3.63) is 95.3 Å². The molecule has 3 nitrogen and oxygen atoms in total. The Hall–Kier alpha value is -2.85. The lowest BCUT2D eigenvalue weighted by Gasteiger charge is -2.35. The first-order valence-electron chi connectivity index (χ1n) is 8.91. The second kappa shape index (κ2) is 6.15. The summed E-state index contributed by atoms with van der Waals surface area (Å²) >= 11 is 0. The molecular formula is C22H19FN2O. The van der Waals surface area contributed by atoms with Crippen molar-refractivity contribution in [1.82, 2.24) is 9.88 Å². The van der Waals surface area contributed by atoms with Crippen LogP contribution < -0.4 is 0 Å². The Morgan fingerprint density at radius 3 is 2.73 bits per heavy atom. The molecular weight excluding hydrogens is 327 g/mol. The van der Waals surface area contributed by atoms with Crippen molar-refractivity contribution in [2.75, 3.05) is 6.54 Å². The van der Waals surface area contributed by atoms with E-state index in [1.165, 1.54) is 17.0 Å². The fourth-order valence-electron chi connectivity index (χ4n) is 4.11. The number of para-hydroxylation sites is 1. The molecule has 3 heterocycles. The summed E-state index contributed by atoms with van der Waals surface area (Å²) in [5, 5.41) is 1.24. The van der Waals surface area contributed by atoms with Crippen molar-refractivity contribution in [1.29, 1.82) is 0 Å². The van der Waals surface area contributed by atoms with Gasteiger partial charge in [0, 0.05) is 28.7 Å². The van der Waals surface area contributed by atoms with Crippen LogP contribution in [0.5, 0.6) is 0 Å². The summed E-state index contributed by atoms with van der Waals surface area (Å²) in [6.45, 7) is 1.51. The lowest BCUT2D eigenvalue weighted by molar-refractivity contribution is 0.183. The Morgan fingerprint density at radius 2 is 1.88 bits per heavy atom. The maximum Gasteiger partial charge on any atom is 0.128 e. The molecule has 0 radical (unpaired) electrons. The molecule has 1 atom stereocenters. The van der Waals surface area contributed by atoms with E-state index in [2.05, 4.69) is 28.1 Å². The van der Waals surface area contributed by atoms with Gasteiger partial charge >= 0.3 is 0 Å². The summed E-state index contributed by atoms with van der Waals surface area (Å²) in [4.78, 5) is 5.85. The number of H-pyrrole nitrogens is 1. The zero-order valence-electron chi connectivity index (χ0n) is 14.3. The van der Waals surface area contributed by atoms with Gasteiger partial charge in [-0.2, -0.15) is 0 Å². The quantitative estimate of drug-likeness (QED) is 0.563. The highest BCUT2D eigenvalue weighted by Gasteiger charge is 2.33. The predicted molar refractivity (Wildman–Crippen MR) is 99.4 cm³/mol. The number of halogens is 1. The van der Waals surface area contributed by atoms with E-state index in [4.69, 9.17) is 4.42 Å². The normalized spacial score (nSPS) is 17.5. The van der Waals surface area contributed by atoms with Crippen molar-refractivity contribution < 1.29 is 8.81 Å². The highest BCUT2D eigenvalue weighted by Crippen LogP contribution is 2.39. The van der Waals surface area contributed by atoms with Crippen LogP contribution in [-0.2, 0) is 13.0 Å². The molecule has 0 aliphatic carbocycles. The number of rotatable bonds is 3. The van der Waals surface area contributed by atoms with E-state index < -0.39 is 0 Å². The third kappa shape index (κ3) is 2.45. The van der Waals surface area contributed by atoms with Crippen LogP contribution in [0.25, 0.3) is 10.9 Å². The Morgan fingerprint density at radius 1 is 1.04 bits per heavy atom. The molecule has 2 aromatic carbocycles. The van der Waals surface area contributed by atoms with Crippen molar-refractivity contribution >= 4 is 10.9 Å². The standard InChI is InChI=1S/C22H19FN2O/c23-19-9-3-1-8-18(19)22-21-17(16-7-2-4-10-20(16)24-21)11-12-25(22)14-15-6-5-13-26-15/h1-10,13,22,24H,11-12,14H2. The Balaban J connectivity index is 1.67. The number of aromatic nitrogens is 1.